The molecular weight excluding hydrogens is 1620 g/mol. The van der Waals surface area contributed by atoms with Crippen LogP contribution in [-0.4, -0.2) is 19.9 Å². The number of benzene rings is 16. The molecule has 2 aliphatic heterocycles. The van der Waals surface area contributed by atoms with Crippen LogP contribution in [0.25, 0.3) is 90.9 Å². The zero-order valence-electron chi connectivity index (χ0n) is 71.0. The summed E-state index contributed by atoms with van der Waals surface area (Å²) in [6.45, 7) is 0. The van der Waals surface area contributed by atoms with Crippen LogP contribution in [0.15, 0.2) is 485 Å². The van der Waals surface area contributed by atoms with Crippen LogP contribution in [0.2, 0.25) is 0 Å². The number of fused-ring (bicyclic) bond motifs is 8. The first kappa shape index (κ1) is 80.9. The second-order valence-corrected chi connectivity index (χ2v) is 47.1. The van der Waals surface area contributed by atoms with Crippen LogP contribution >= 0.6 is 29.0 Å². The summed E-state index contributed by atoms with van der Waals surface area (Å²) in [5.74, 6) is 0. The maximum atomic E-state index is 5.98. The zero-order valence-corrected chi connectivity index (χ0v) is 74.6. The minimum absolute atomic E-state index is 0.832. The highest BCUT2D eigenvalue weighted by atomic mass is 31.2. The second-order valence-electron chi connectivity index (χ2n) is 33.2. The Hall–Kier alpha value is -14.2. The van der Waals surface area contributed by atoms with Gasteiger partial charge in [-0.1, -0.05) is 315 Å². The normalized spacial score (nSPS) is 12.1. The number of hydrogen-bond acceptors (Lipinski definition) is 2. The molecule has 0 radical (unpaired) electrons. The molecule has 0 amide bonds. The summed E-state index contributed by atoms with van der Waals surface area (Å²) in [4.78, 5) is 20.3. The van der Waals surface area contributed by atoms with Crippen LogP contribution < -0.4 is 63.7 Å². The molecule has 3 aromatic heterocycles. The Morgan fingerprint density at radius 3 is 0.414 bits per heavy atom. The van der Waals surface area contributed by atoms with Crippen molar-refractivity contribution in [2.75, 3.05) is 0 Å². The van der Waals surface area contributed by atoms with E-state index in [0.29, 0.717) is 0 Å². The van der Waals surface area contributed by atoms with E-state index < -0.39 is 29.0 Å². The van der Waals surface area contributed by atoms with Gasteiger partial charge in [-0.25, -0.2) is 9.97 Å². The van der Waals surface area contributed by atoms with Crippen LogP contribution in [0.1, 0.15) is 45.0 Å². The third kappa shape index (κ3) is 15.5. The minimum atomic E-state index is -2.26. The van der Waals surface area contributed by atoms with Crippen LogP contribution in [0.4, 0.5) is 0 Å². The van der Waals surface area contributed by atoms with Crippen LogP contribution in [0, 0.1) is 0 Å². The van der Waals surface area contributed by atoms with Gasteiger partial charge in [0.1, 0.15) is 92.7 Å². The van der Waals surface area contributed by atoms with Gasteiger partial charge in [0.25, 0.3) is 0 Å². The molecule has 0 aliphatic carbocycles. The van der Waals surface area contributed by atoms with Crippen molar-refractivity contribution in [3.8, 4) is 44.5 Å². The summed E-state index contributed by atoms with van der Waals surface area (Å²) in [7, 11) is -9.05. The van der Waals surface area contributed by atoms with Crippen molar-refractivity contribution < 1.29 is 0 Å². The summed E-state index contributed by atoms with van der Waals surface area (Å²) in [5.41, 5.74) is 20.3. The monoisotopic (exact) mass is 1710 g/mol. The molecule has 0 spiro atoms. The first-order valence-corrected chi connectivity index (χ1v) is 52.0. The second kappa shape index (κ2) is 36.1. The molecule has 16 aromatic carbocycles. The van der Waals surface area contributed by atoms with Crippen molar-refractivity contribution >= 4 is 139 Å². The molecule has 8 bridgehead atoms. The molecule has 128 heavy (non-hydrogen) atoms. The van der Waals surface area contributed by atoms with Crippen molar-refractivity contribution in [3.63, 3.8) is 0 Å². The average Bonchev–Trinajstić information content (AvgIpc) is 1.13. The quantitative estimate of drug-likeness (QED) is 0.0593. The van der Waals surface area contributed by atoms with E-state index in [1.807, 2.05) is 0 Å². The van der Waals surface area contributed by atoms with Gasteiger partial charge in [-0.15, -0.1) is 0 Å². The Morgan fingerprint density at radius 2 is 0.281 bits per heavy atom. The third-order valence-corrected chi connectivity index (χ3v) is 43.3. The van der Waals surface area contributed by atoms with Gasteiger partial charge in [0, 0.05) is 44.3 Å². The molecule has 21 rings (SSSR count). The lowest BCUT2D eigenvalue weighted by atomic mass is 10.0. The summed E-state index contributed by atoms with van der Waals surface area (Å²) in [6, 6.07) is 182. The van der Waals surface area contributed by atoms with E-state index in [1.165, 1.54) is 85.9 Å². The zero-order chi connectivity index (χ0) is 85.5. The number of nitrogens with zero attached hydrogens (tertiary/aromatic N) is 2. The maximum Gasteiger partial charge on any atom is 0.116 e. The first-order chi connectivity index (χ1) is 63.4. The van der Waals surface area contributed by atoms with Crippen LogP contribution in [0.5, 0.6) is 0 Å². The Balaban J connectivity index is 0.780. The fraction of sp³-hybridized carbons (Fsp3) is 0.0333. The maximum absolute atomic E-state index is 5.98. The van der Waals surface area contributed by atoms with Gasteiger partial charge in [-0.3, -0.25) is 0 Å². The van der Waals surface area contributed by atoms with Crippen LogP contribution in [0.3, 0.4) is 0 Å². The van der Waals surface area contributed by atoms with Gasteiger partial charge in [-0.2, -0.15) is 0 Å². The molecular formula is C120H94N4P4+4. The van der Waals surface area contributed by atoms with Crippen molar-refractivity contribution in [2.45, 2.75) is 24.6 Å². The lowest BCUT2D eigenvalue weighted by Gasteiger charge is -2.28. The van der Waals surface area contributed by atoms with E-state index in [4.69, 9.17) is 9.97 Å². The van der Waals surface area contributed by atoms with Gasteiger partial charge < -0.3 is 9.97 Å². The number of nitrogens with one attached hydrogen (secondary N) is 2. The van der Waals surface area contributed by atoms with E-state index >= 15 is 0 Å². The number of H-pyrrole nitrogens is 2. The molecule has 2 N–H and O–H groups in total. The van der Waals surface area contributed by atoms with E-state index in [-0.39, 0.29) is 0 Å². The molecule has 0 fully saturated rings. The first-order valence-electron chi connectivity index (χ1n) is 44.1. The van der Waals surface area contributed by atoms with Gasteiger partial charge in [-0.05, 0) is 239 Å². The fourth-order valence-corrected chi connectivity index (χ4v) is 36.7. The van der Waals surface area contributed by atoms with Crippen molar-refractivity contribution in [1.82, 2.24) is 19.9 Å². The van der Waals surface area contributed by atoms with Crippen LogP contribution in [-0.2, 0) is 24.6 Å². The Kier molecular flexibility index (Phi) is 22.8. The van der Waals surface area contributed by atoms with Gasteiger partial charge in [0.15, 0.2) is 0 Å². The van der Waals surface area contributed by atoms with Crippen molar-refractivity contribution in [1.29, 1.82) is 0 Å². The fourth-order valence-electron chi connectivity index (χ4n) is 19.7. The molecule has 0 saturated carbocycles. The number of hydrogen-bond donors (Lipinski definition) is 2. The highest BCUT2D eigenvalue weighted by Gasteiger charge is 2.50. The molecule has 0 saturated heterocycles. The van der Waals surface area contributed by atoms with E-state index in [0.717, 1.165) is 114 Å². The Morgan fingerprint density at radius 1 is 0.148 bits per heavy atom. The lowest BCUT2D eigenvalue weighted by Crippen LogP contribution is -2.32. The Labute approximate surface area is 753 Å². The van der Waals surface area contributed by atoms with Gasteiger partial charge in [0.2, 0.25) is 0 Å². The third-order valence-electron chi connectivity index (χ3n) is 25.8. The summed E-state index contributed by atoms with van der Waals surface area (Å²) in [6.07, 6.45) is 12.3. The van der Waals surface area contributed by atoms with Crippen molar-refractivity contribution in [3.05, 3.63) is 530 Å². The highest BCUT2D eigenvalue weighted by Crippen LogP contribution is 2.62. The molecule has 8 heteroatoms. The molecule has 5 heterocycles. The van der Waals surface area contributed by atoms with Gasteiger partial charge >= 0.3 is 0 Å². The van der Waals surface area contributed by atoms with E-state index in [1.54, 1.807) is 0 Å². The average molecular weight is 1720 g/mol. The Bertz CT molecular complexity index is 6050. The summed E-state index contributed by atoms with van der Waals surface area (Å²) in [5, 5.41) is 16.2. The molecule has 4 nitrogen and oxygen atoms in total. The predicted molar refractivity (Wildman–Crippen MR) is 556 cm³/mol. The topological polar surface area (TPSA) is 57.4 Å². The number of aromatic nitrogens is 4. The molecule has 610 valence electrons. The largest absolute Gasteiger partial charge is 0.354 e. The summed E-state index contributed by atoms with van der Waals surface area (Å²) >= 11 is 0. The smallest absolute Gasteiger partial charge is 0.116 e. The molecule has 0 unspecified atom stereocenters. The van der Waals surface area contributed by atoms with Gasteiger partial charge in [0.05, 0.1) is 47.4 Å². The van der Waals surface area contributed by atoms with Crippen molar-refractivity contribution in [2.24, 2.45) is 0 Å². The summed E-state index contributed by atoms with van der Waals surface area (Å²) < 4.78 is 0. The molecule has 2 aliphatic rings. The lowest BCUT2D eigenvalue weighted by molar-refractivity contribution is 1.30. The highest BCUT2D eigenvalue weighted by molar-refractivity contribution is 7.96. The number of rotatable bonds is 24. The minimum Gasteiger partial charge on any atom is -0.354 e. The van der Waals surface area contributed by atoms with E-state index in [9.17, 15) is 0 Å². The number of aromatic amines is 2. The molecule has 0 atom stereocenters. The van der Waals surface area contributed by atoms with E-state index in [2.05, 4.69) is 520 Å². The molecule has 19 aromatic rings. The predicted octanol–water partition coefficient (Wildman–Crippen LogP) is 25.3. The SMILES string of the molecule is C1=Cc2nc1c(-c1ccc(C[P+](c3ccccc3)(c3ccccc3)c3ccccc3)cc1)c1ccc([nH]1)c(-c1ccc(C[P+](c3ccccc3)(c3ccccc3)c3ccccc3)cc1)c1nc(c(-c3ccc(C[P+](c4ccccc4)(c4ccccc4)c4ccccc4)cc3)c3ccc([nH]3)c2-c2ccc(C[P+](c3ccccc3)(c3ccccc3)c3ccccc3)cc2)C=C1. The standard InChI is InChI=1S/C120H94N4P4/c1-13-37-97(38-14-1)125(98-39-15-2-16-40-98,99-41-17-3-18-42-99)85-89-61-69-93(70-62-89)117-109-77-79-111(121-109)118(94-71-63-90(64-72-94)86-126(100-43-19-4-20-44-100,101-45-21-5-22-46-101)102-47-23-6-24-48-102)113-81-83-115(123-113)120(96-75-67-92(68-76-96)88-128(106-55-31-10-32-56-106,107-57-33-11-34-58-107)108-59-35-12-36-60-108)116-84-82-114(124-116)119(112-80-78-110(117)122-112)95-73-65-91(66-74-95)87-127(103-49-25-7-26-50-103,104-51-27-8-28-52-104)105-53-29-9-30-54-105/h1-84,121,124H,85-88H2/q+4.